The predicted octanol–water partition coefficient (Wildman–Crippen LogP) is 3.14. The molecule has 2 aromatic rings. The number of benzene rings is 1. The van der Waals surface area contributed by atoms with E-state index in [0.29, 0.717) is 11.4 Å². The van der Waals surface area contributed by atoms with Crippen LogP contribution in [0.2, 0.25) is 0 Å². The van der Waals surface area contributed by atoms with E-state index in [2.05, 4.69) is 4.98 Å². The van der Waals surface area contributed by atoms with Crippen molar-refractivity contribution in [3.63, 3.8) is 0 Å². The number of alkyl halides is 3. The van der Waals surface area contributed by atoms with Gasteiger partial charge < -0.3 is 10.5 Å². The number of nitrogens with zero attached hydrogens (tertiary/aromatic N) is 1. The van der Waals surface area contributed by atoms with Crippen molar-refractivity contribution in [2.45, 2.75) is 19.3 Å². The van der Waals surface area contributed by atoms with E-state index in [9.17, 15) is 13.2 Å². The van der Waals surface area contributed by atoms with Gasteiger partial charge in [-0.05, 0) is 30.3 Å². The summed E-state index contributed by atoms with van der Waals surface area (Å²) in [5, 5.41) is 0. The predicted molar refractivity (Wildman–Crippen MR) is 67.9 cm³/mol. The first kappa shape index (κ1) is 14.3. The van der Waals surface area contributed by atoms with E-state index in [1.165, 1.54) is 12.1 Å². The van der Waals surface area contributed by atoms with Crippen molar-refractivity contribution in [1.29, 1.82) is 0 Å². The van der Waals surface area contributed by atoms with Gasteiger partial charge in [-0.3, -0.25) is 4.98 Å². The van der Waals surface area contributed by atoms with Crippen molar-refractivity contribution in [2.24, 2.45) is 5.73 Å². The lowest BCUT2D eigenvalue weighted by molar-refractivity contribution is -0.137. The lowest BCUT2D eigenvalue weighted by Crippen LogP contribution is -2.07. The van der Waals surface area contributed by atoms with Gasteiger partial charge in [-0.15, -0.1) is 0 Å². The van der Waals surface area contributed by atoms with Crippen LogP contribution in [0, 0.1) is 0 Å². The molecule has 0 aliphatic heterocycles. The summed E-state index contributed by atoms with van der Waals surface area (Å²) in [6, 6.07) is 8.14. The molecule has 106 valence electrons. The van der Waals surface area contributed by atoms with Crippen LogP contribution < -0.4 is 10.5 Å². The van der Waals surface area contributed by atoms with Crippen molar-refractivity contribution in [3.8, 4) is 5.75 Å². The zero-order chi connectivity index (χ0) is 14.6. The molecule has 0 aliphatic carbocycles. The minimum Gasteiger partial charge on any atom is -0.489 e. The standard InChI is InChI=1S/C14H13F3N2O/c15-14(16,17)11-3-5-12(6-4-11)20-9-10-2-1-7-19-13(10)8-18/h1-7H,8-9,18H2. The number of hydrogen-bond donors (Lipinski definition) is 1. The van der Waals surface area contributed by atoms with Crippen LogP contribution in [0.4, 0.5) is 13.2 Å². The van der Waals surface area contributed by atoms with E-state index in [1.807, 2.05) is 6.07 Å². The van der Waals surface area contributed by atoms with Gasteiger partial charge in [0, 0.05) is 18.3 Å². The molecule has 0 radical (unpaired) electrons. The second kappa shape index (κ2) is 5.92. The van der Waals surface area contributed by atoms with Gasteiger partial charge in [-0.2, -0.15) is 13.2 Å². The molecule has 1 aromatic heterocycles. The van der Waals surface area contributed by atoms with Gasteiger partial charge in [0.1, 0.15) is 12.4 Å². The molecule has 2 N–H and O–H groups in total. The summed E-state index contributed by atoms with van der Waals surface area (Å²) in [6.45, 7) is 0.498. The van der Waals surface area contributed by atoms with Crippen molar-refractivity contribution >= 4 is 0 Å². The number of hydrogen-bond acceptors (Lipinski definition) is 3. The minimum absolute atomic E-state index is 0.214. The summed E-state index contributed by atoms with van der Waals surface area (Å²) in [4.78, 5) is 4.10. The molecule has 0 amide bonds. The molecule has 2 rings (SSSR count). The molecule has 0 aliphatic rings. The number of nitrogens with two attached hydrogens (primary N) is 1. The molecule has 1 heterocycles. The normalized spacial score (nSPS) is 11.4. The smallest absolute Gasteiger partial charge is 0.416 e. The molecule has 1 aromatic carbocycles. The van der Waals surface area contributed by atoms with Gasteiger partial charge in [0.2, 0.25) is 0 Å². The van der Waals surface area contributed by atoms with E-state index < -0.39 is 11.7 Å². The fourth-order valence-electron chi connectivity index (χ4n) is 1.69. The van der Waals surface area contributed by atoms with Crippen LogP contribution in [-0.4, -0.2) is 4.98 Å². The van der Waals surface area contributed by atoms with Crippen LogP contribution in [0.25, 0.3) is 0 Å². The fraction of sp³-hybridized carbons (Fsp3) is 0.214. The molecule has 0 saturated carbocycles. The SMILES string of the molecule is NCc1ncccc1COc1ccc(C(F)(F)F)cc1. The van der Waals surface area contributed by atoms with Gasteiger partial charge in [-0.25, -0.2) is 0 Å². The molecule has 0 unspecified atom stereocenters. The van der Waals surface area contributed by atoms with Gasteiger partial charge in [0.15, 0.2) is 0 Å². The number of rotatable bonds is 4. The Bertz CT molecular complexity index is 567. The van der Waals surface area contributed by atoms with Crippen LogP contribution in [-0.2, 0) is 19.3 Å². The Kier molecular flexibility index (Phi) is 4.24. The maximum absolute atomic E-state index is 12.4. The molecular weight excluding hydrogens is 269 g/mol. The van der Waals surface area contributed by atoms with Crippen molar-refractivity contribution < 1.29 is 17.9 Å². The van der Waals surface area contributed by atoms with Crippen LogP contribution in [0.15, 0.2) is 42.6 Å². The van der Waals surface area contributed by atoms with Crippen LogP contribution in [0.5, 0.6) is 5.75 Å². The number of halogens is 3. The van der Waals surface area contributed by atoms with Crippen LogP contribution in [0.3, 0.4) is 0 Å². The first-order valence-corrected chi connectivity index (χ1v) is 5.93. The first-order chi connectivity index (χ1) is 9.50. The highest BCUT2D eigenvalue weighted by atomic mass is 19.4. The van der Waals surface area contributed by atoms with Gasteiger partial charge in [-0.1, -0.05) is 6.07 Å². The summed E-state index contributed by atoms with van der Waals surface area (Å²) >= 11 is 0. The molecule has 0 atom stereocenters. The minimum atomic E-state index is -4.34. The lowest BCUT2D eigenvalue weighted by atomic mass is 10.2. The van der Waals surface area contributed by atoms with Gasteiger partial charge in [0.05, 0.1) is 11.3 Å². The Balaban J connectivity index is 2.04. The Labute approximate surface area is 114 Å². The average Bonchev–Trinajstić information content (AvgIpc) is 2.45. The van der Waals surface area contributed by atoms with Crippen molar-refractivity contribution in [1.82, 2.24) is 4.98 Å². The maximum atomic E-state index is 12.4. The Morgan fingerprint density at radius 2 is 1.80 bits per heavy atom. The molecule has 0 fully saturated rings. The quantitative estimate of drug-likeness (QED) is 0.937. The lowest BCUT2D eigenvalue weighted by Gasteiger charge is -2.10. The summed E-state index contributed by atoms with van der Waals surface area (Å²) in [6.07, 6.45) is -2.71. The van der Waals surface area contributed by atoms with Crippen LogP contribution in [0.1, 0.15) is 16.8 Å². The summed E-state index contributed by atoms with van der Waals surface area (Å²) in [5.74, 6) is 0.366. The average molecular weight is 282 g/mol. The molecule has 3 nitrogen and oxygen atoms in total. The summed E-state index contributed by atoms with van der Waals surface area (Å²) in [5.41, 5.74) is 6.37. The zero-order valence-corrected chi connectivity index (χ0v) is 10.5. The third-order valence-corrected chi connectivity index (χ3v) is 2.75. The fourth-order valence-corrected chi connectivity index (χ4v) is 1.69. The van der Waals surface area contributed by atoms with E-state index in [1.54, 1.807) is 12.3 Å². The third kappa shape index (κ3) is 3.48. The van der Waals surface area contributed by atoms with Gasteiger partial charge >= 0.3 is 6.18 Å². The summed E-state index contributed by atoms with van der Waals surface area (Å²) < 4.78 is 42.7. The topological polar surface area (TPSA) is 48.1 Å². The highest BCUT2D eigenvalue weighted by Crippen LogP contribution is 2.30. The number of aromatic nitrogens is 1. The summed E-state index contributed by atoms with van der Waals surface area (Å²) in [7, 11) is 0. The van der Waals surface area contributed by atoms with Crippen LogP contribution >= 0.6 is 0 Å². The molecule has 0 bridgehead atoms. The van der Waals surface area contributed by atoms with E-state index >= 15 is 0 Å². The molecule has 0 spiro atoms. The maximum Gasteiger partial charge on any atom is 0.416 e. The second-order valence-electron chi connectivity index (χ2n) is 4.12. The van der Waals surface area contributed by atoms with Crippen molar-refractivity contribution in [3.05, 3.63) is 59.4 Å². The van der Waals surface area contributed by atoms with E-state index in [0.717, 1.165) is 17.7 Å². The van der Waals surface area contributed by atoms with Gasteiger partial charge in [0.25, 0.3) is 0 Å². The Hall–Kier alpha value is -2.08. The second-order valence-corrected chi connectivity index (χ2v) is 4.12. The Morgan fingerprint density at radius 1 is 1.10 bits per heavy atom. The highest BCUT2D eigenvalue weighted by Gasteiger charge is 2.29. The van der Waals surface area contributed by atoms with E-state index in [-0.39, 0.29) is 13.2 Å². The monoisotopic (exact) mass is 282 g/mol. The number of ether oxygens (including phenoxy) is 1. The largest absolute Gasteiger partial charge is 0.489 e. The Morgan fingerprint density at radius 3 is 2.40 bits per heavy atom. The zero-order valence-electron chi connectivity index (χ0n) is 10.5. The number of pyridine rings is 1. The molecule has 20 heavy (non-hydrogen) atoms. The third-order valence-electron chi connectivity index (χ3n) is 2.75. The van der Waals surface area contributed by atoms with E-state index in [4.69, 9.17) is 10.5 Å². The highest BCUT2D eigenvalue weighted by molar-refractivity contribution is 5.29. The van der Waals surface area contributed by atoms with Crippen molar-refractivity contribution in [2.75, 3.05) is 0 Å². The molecule has 6 heteroatoms. The molecule has 0 saturated heterocycles. The molecular formula is C14H13F3N2O. The first-order valence-electron chi connectivity index (χ1n) is 5.93.